The summed E-state index contributed by atoms with van der Waals surface area (Å²) in [7, 11) is 0. The van der Waals surface area contributed by atoms with Crippen molar-refractivity contribution in [2.75, 3.05) is 13.2 Å². The van der Waals surface area contributed by atoms with E-state index in [1.54, 1.807) is 0 Å². The molecule has 6 nitrogen and oxygen atoms in total. The molecule has 0 fully saturated rings. The Hall–Kier alpha value is -3.67. The second kappa shape index (κ2) is 51.0. The van der Waals surface area contributed by atoms with Gasteiger partial charge in [0.1, 0.15) is 13.2 Å². The predicted molar refractivity (Wildman–Crippen MR) is 270 cm³/mol. The average molecular weight is 875 g/mol. The second-order valence-electron chi connectivity index (χ2n) is 16.7. The predicted octanol–water partition coefficient (Wildman–Crippen LogP) is 17.0. The van der Waals surface area contributed by atoms with Crippen molar-refractivity contribution in [3.8, 4) is 0 Å². The molecule has 0 aromatic heterocycles. The quantitative estimate of drug-likeness (QED) is 0.0262. The van der Waals surface area contributed by atoms with Crippen LogP contribution in [-0.2, 0) is 28.6 Å². The summed E-state index contributed by atoms with van der Waals surface area (Å²) in [6, 6.07) is 0. The fourth-order valence-electron chi connectivity index (χ4n) is 6.71. The van der Waals surface area contributed by atoms with E-state index in [-0.39, 0.29) is 37.5 Å². The fourth-order valence-corrected chi connectivity index (χ4v) is 6.71. The van der Waals surface area contributed by atoms with E-state index in [1.165, 1.54) is 77.0 Å². The lowest BCUT2D eigenvalue weighted by atomic mass is 10.1. The summed E-state index contributed by atoms with van der Waals surface area (Å²) in [5.74, 6) is -0.979. The molecule has 0 aliphatic rings. The molecule has 0 saturated heterocycles. The summed E-state index contributed by atoms with van der Waals surface area (Å²) in [6.45, 7) is 6.42. The average Bonchev–Trinajstić information content (AvgIpc) is 3.28. The Morgan fingerprint density at radius 3 is 1.03 bits per heavy atom. The van der Waals surface area contributed by atoms with Crippen LogP contribution in [0, 0.1) is 0 Å². The molecule has 0 aromatic carbocycles. The van der Waals surface area contributed by atoms with Crippen molar-refractivity contribution < 1.29 is 28.6 Å². The summed E-state index contributed by atoms with van der Waals surface area (Å²) in [5, 5.41) is 0. The van der Waals surface area contributed by atoms with Gasteiger partial charge in [0.15, 0.2) is 6.10 Å². The van der Waals surface area contributed by atoms with E-state index in [4.69, 9.17) is 14.2 Å². The highest BCUT2D eigenvalue weighted by atomic mass is 16.6. The van der Waals surface area contributed by atoms with Gasteiger partial charge in [0.25, 0.3) is 0 Å². The van der Waals surface area contributed by atoms with Gasteiger partial charge in [-0.1, -0.05) is 201 Å². The maximum absolute atomic E-state index is 12.8. The topological polar surface area (TPSA) is 78.9 Å². The van der Waals surface area contributed by atoms with Crippen molar-refractivity contribution in [2.45, 2.75) is 232 Å². The van der Waals surface area contributed by atoms with Gasteiger partial charge in [-0.2, -0.15) is 0 Å². The van der Waals surface area contributed by atoms with Crippen LogP contribution in [-0.4, -0.2) is 37.2 Å². The zero-order valence-corrected chi connectivity index (χ0v) is 40.8. The maximum atomic E-state index is 12.8. The zero-order chi connectivity index (χ0) is 45.8. The number of carbonyl (C=O) groups is 3. The molecule has 0 aliphatic heterocycles. The van der Waals surface area contributed by atoms with Gasteiger partial charge in [-0.3, -0.25) is 14.4 Å². The molecule has 0 spiro atoms. The van der Waals surface area contributed by atoms with Crippen LogP contribution in [0.2, 0.25) is 0 Å². The molecule has 0 rings (SSSR count). The van der Waals surface area contributed by atoms with Gasteiger partial charge in [0.2, 0.25) is 0 Å². The molecule has 0 saturated carbocycles. The molecular weight excluding hydrogens is 781 g/mol. The first kappa shape index (κ1) is 59.3. The van der Waals surface area contributed by atoms with Crippen LogP contribution in [0.25, 0.3) is 0 Å². The highest BCUT2D eigenvalue weighted by molar-refractivity contribution is 5.71. The second-order valence-corrected chi connectivity index (χ2v) is 16.7. The van der Waals surface area contributed by atoms with Crippen LogP contribution in [0.5, 0.6) is 0 Å². The minimum Gasteiger partial charge on any atom is -0.462 e. The van der Waals surface area contributed by atoms with Gasteiger partial charge in [-0.05, 0) is 103 Å². The first-order valence-electron chi connectivity index (χ1n) is 25.7. The first-order valence-corrected chi connectivity index (χ1v) is 25.7. The molecule has 0 bridgehead atoms. The zero-order valence-electron chi connectivity index (χ0n) is 40.8. The van der Waals surface area contributed by atoms with Crippen molar-refractivity contribution >= 4 is 17.9 Å². The van der Waals surface area contributed by atoms with Crippen molar-refractivity contribution in [2.24, 2.45) is 0 Å². The Balaban J connectivity index is 4.51. The van der Waals surface area contributed by atoms with E-state index < -0.39 is 6.10 Å². The molecule has 0 amide bonds. The number of esters is 3. The smallest absolute Gasteiger partial charge is 0.306 e. The van der Waals surface area contributed by atoms with Crippen LogP contribution in [0.4, 0.5) is 0 Å². The van der Waals surface area contributed by atoms with Crippen LogP contribution in [0.3, 0.4) is 0 Å². The number of hydrogen-bond acceptors (Lipinski definition) is 6. The molecule has 6 heteroatoms. The minimum atomic E-state index is -0.809. The van der Waals surface area contributed by atoms with E-state index in [0.29, 0.717) is 12.8 Å². The number of carbonyl (C=O) groups excluding carboxylic acids is 3. The van der Waals surface area contributed by atoms with Crippen LogP contribution in [0.1, 0.15) is 226 Å². The van der Waals surface area contributed by atoms with Gasteiger partial charge in [0.05, 0.1) is 0 Å². The lowest BCUT2D eigenvalue weighted by molar-refractivity contribution is -0.167. The molecule has 1 atom stereocenters. The Kier molecular flexibility index (Phi) is 48.0. The summed E-state index contributed by atoms with van der Waals surface area (Å²) < 4.78 is 16.7. The molecule has 63 heavy (non-hydrogen) atoms. The summed E-state index contributed by atoms with van der Waals surface area (Å²) in [4.78, 5) is 37.9. The highest BCUT2D eigenvalue weighted by Crippen LogP contribution is 2.13. The SMILES string of the molecule is CC/C=C\C/C=C\C/C=C\C/C=C\C/C=C\CCCCCC(=O)O[C@H](COC(=O)CCCC/C=C\C/C=C\C/C=C\CCCCC)COC(=O)CCCCCCCCCCCCC. The van der Waals surface area contributed by atoms with Gasteiger partial charge >= 0.3 is 17.9 Å². The Labute approximate surface area is 387 Å². The largest absolute Gasteiger partial charge is 0.462 e. The van der Waals surface area contributed by atoms with E-state index in [1.807, 2.05) is 0 Å². The lowest BCUT2D eigenvalue weighted by Crippen LogP contribution is -2.30. The van der Waals surface area contributed by atoms with Gasteiger partial charge in [-0.25, -0.2) is 0 Å². The minimum absolute atomic E-state index is 0.103. The number of ether oxygens (including phenoxy) is 3. The van der Waals surface area contributed by atoms with E-state index in [9.17, 15) is 14.4 Å². The maximum Gasteiger partial charge on any atom is 0.306 e. The van der Waals surface area contributed by atoms with Crippen LogP contribution < -0.4 is 0 Å². The molecule has 0 N–H and O–H groups in total. The Morgan fingerprint density at radius 1 is 0.333 bits per heavy atom. The molecule has 358 valence electrons. The molecule has 0 aliphatic carbocycles. The number of allylic oxidation sites excluding steroid dienone is 16. The van der Waals surface area contributed by atoms with Crippen LogP contribution in [0.15, 0.2) is 97.2 Å². The molecular formula is C57H94O6. The highest BCUT2D eigenvalue weighted by Gasteiger charge is 2.19. The lowest BCUT2D eigenvalue weighted by Gasteiger charge is -2.18. The fraction of sp³-hybridized carbons (Fsp3) is 0.667. The first-order chi connectivity index (χ1) is 31.0. The molecule has 0 aromatic rings. The van der Waals surface area contributed by atoms with Gasteiger partial charge in [-0.15, -0.1) is 0 Å². The summed E-state index contributed by atoms with van der Waals surface area (Å²) in [6.07, 6.45) is 66.7. The van der Waals surface area contributed by atoms with Crippen molar-refractivity contribution in [1.29, 1.82) is 0 Å². The number of unbranched alkanes of at least 4 members (excludes halogenated alkanes) is 18. The third-order valence-corrected chi connectivity index (χ3v) is 10.6. The van der Waals surface area contributed by atoms with Gasteiger partial charge in [0, 0.05) is 19.3 Å². The van der Waals surface area contributed by atoms with E-state index in [2.05, 4.69) is 118 Å². The number of hydrogen-bond donors (Lipinski definition) is 0. The van der Waals surface area contributed by atoms with Crippen molar-refractivity contribution in [3.63, 3.8) is 0 Å². The number of rotatable bonds is 45. The standard InChI is InChI=1S/C57H94O6/c1-4-7-10-13-16-19-22-24-26-27-28-29-31-33-36-39-42-45-48-51-57(60)63-54(52-61-55(58)49-46-43-40-37-34-21-18-15-12-9-6-3)53-62-56(59)50-47-44-41-38-35-32-30-25-23-20-17-14-11-8-5-2/h7,10,16-17,19-20,24-26,28-30,33,35-36,38,54H,4-6,8-9,11-15,18,21-23,27,31-32,34,37,39-53H2,1-3H3/b10-7-,19-16-,20-17-,26-24-,29-28-,30-25-,36-33-,38-35-/t54-/m0/s1. The third kappa shape index (κ3) is 49.2. The monoisotopic (exact) mass is 875 g/mol. The van der Waals surface area contributed by atoms with E-state index >= 15 is 0 Å². The van der Waals surface area contributed by atoms with Crippen molar-refractivity contribution in [1.82, 2.24) is 0 Å². The Bertz CT molecular complexity index is 1280. The molecule has 0 unspecified atom stereocenters. The van der Waals surface area contributed by atoms with Gasteiger partial charge < -0.3 is 14.2 Å². The van der Waals surface area contributed by atoms with E-state index in [0.717, 1.165) is 109 Å². The molecule has 0 heterocycles. The summed E-state index contributed by atoms with van der Waals surface area (Å²) in [5.41, 5.74) is 0. The third-order valence-electron chi connectivity index (χ3n) is 10.6. The molecule has 0 radical (unpaired) electrons. The van der Waals surface area contributed by atoms with Crippen molar-refractivity contribution in [3.05, 3.63) is 97.2 Å². The normalized spacial score (nSPS) is 12.9. The summed E-state index contributed by atoms with van der Waals surface area (Å²) >= 11 is 0. The Morgan fingerprint density at radius 2 is 0.619 bits per heavy atom. The van der Waals surface area contributed by atoms with Crippen LogP contribution >= 0.6 is 0 Å².